The summed E-state index contributed by atoms with van der Waals surface area (Å²) in [6, 6.07) is 13.4. The van der Waals surface area contributed by atoms with Crippen molar-refractivity contribution in [2.45, 2.75) is 37.3 Å². The Bertz CT molecular complexity index is 984. The largest absolute Gasteiger partial charge is 0.416 e. The Morgan fingerprint density at radius 2 is 1.88 bits per heavy atom. The van der Waals surface area contributed by atoms with Crippen molar-refractivity contribution < 1.29 is 27.6 Å². The molecule has 4 N–H and O–H groups in total. The van der Waals surface area contributed by atoms with Crippen molar-refractivity contribution in [3.8, 4) is 0 Å². The lowest BCUT2D eigenvalue weighted by atomic mass is 9.76. The average molecular weight is 478 g/mol. The number of benzene rings is 2. The number of alkyl halides is 3. The van der Waals surface area contributed by atoms with E-state index in [0.717, 1.165) is 24.6 Å². The molecule has 6 nitrogen and oxygen atoms in total. The average Bonchev–Trinajstić information content (AvgIpc) is 2.81. The molecule has 2 aromatic carbocycles. The van der Waals surface area contributed by atoms with Crippen LogP contribution in [0, 0.1) is 5.92 Å². The van der Waals surface area contributed by atoms with Crippen LogP contribution in [0.15, 0.2) is 48.5 Å². The number of carbonyl (C=O) groups is 1. The van der Waals surface area contributed by atoms with Gasteiger partial charge in [-0.25, -0.2) is 4.79 Å². The van der Waals surface area contributed by atoms with Crippen molar-refractivity contribution in [2.75, 3.05) is 39.0 Å². The van der Waals surface area contributed by atoms with Gasteiger partial charge in [0.2, 0.25) is 0 Å². The number of ether oxygens (including phenoxy) is 1. The summed E-state index contributed by atoms with van der Waals surface area (Å²) in [4.78, 5) is 13.4. The van der Waals surface area contributed by atoms with Crippen LogP contribution in [0.5, 0.6) is 0 Å². The fourth-order valence-electron chi connectivity index (χ4n) is 4.77. The highest BCUT2D eigenvalue weighted by Crippen LogP contribution is 2.51. The van der Waals surface area contributed by atoms with E-state index >= 15 is 0 Å². The Kier molecular flexibility index (Phi) is 7.33. The third-order valence-corrected chi connectivity index (χ3v) is 6.53. The Morgan fingerprint density at radius 1 is 1.12 bits per heavy atom. The molecule has 0 unspecified atom stereocenters. The summed E-state index contributed by atoms with van der Waals surface area (Å²) in [7, 11) is 4.02. The highest BCUT2D eigenvalue weighted by molar-refractivity contribution is 5.73. The van der Waals surface area contributed by atoms with Gasteiger partial charge in [0.25, 0.3) is 0 Å². The van der Waals surface area contributed by atoms with Gasteiger partial charge < -0.3 is 25.6 Å². The van der Waals surface area contributed by atoms with Crippen LogP contribution in [0.1, 0.15) is 41.7 Å². The van der Waals surface area contributed by atoms with Crippen molar-refractivity contribution >= 4 is 11.7 Å². The highest BCUT2D eigenvalue weighted by atomic mass is 19.4. The number of hydrogen-bond donors (Lipinski definition) is 4. The molecule has 184 valence electrons. The molecule has 4 rings (SSSR count). The number of urea groups is 1. The zero-order valence-electron chi connectivity index (χ0n) is 19.4. The Hall–Kier alpha value is -2.78. The van der Waals surface area contributed by atoms with E-state index in [0.29, 0.717) is 30.8 Å². The first-order valence-electron chi connectivity index (χ1n) is 11.7. The van der Waals surface area contributed by atoms with E-state index in [2.05, 4.69) is 16.0 Å². The lowest BCUT2D eigenvalue weighted by Crippen LogP contribution is -3.06. The normalized spacial score (nSPS) is 24.1. The molecular formula is C25H32F3N4O2+. The zero-order chi connectivity index (χ0) is 24.3. The molecule has 1 saturated heterocycles. The van der Waals surface area contributed by atoms with Gasteiger partial charge in [0, 0.05) is 23.7 Å². The molecule has 0 saturated carbocycles. The monoisotopic (exact) mass is 477 g/mol. The van der Waals surface area contributed by atoms with Crippen molar-refractivity contribution in [1.82, 2.24) is 10.6 Å². The third kappa shape index (κ3) is 5.64. The topological polar surface area (TPSA) is 66.8 Å². The fourth-order valence-corrected chi connectivity index (χ4v) is 4.77. The minimum Gasteiger partial charge on any atom is -0.378 e. The molecule has 9 heteroatoms. The number of halogens is 3. The van der Waals surface area contributed by atoms with Crippen LogP contribution in [0.2, 0.25) is 0 Å². The number of amides is 2. The summed E-state index contributed by atoms with van der Waals surface area (Å²) in [5, 5.41) is 9.12. The zero-order valence-corrected chi connectivity index (χ0v) is 19.4. The number of rotatable bonds is 6. The predicted molar refractivity (Wildman–Crippen MR) is 124 cm³/mol. The van der Waals surface area contributed by atoms with Gasteiger partial charge in [0.05, 0.1) is 51.0 Å². The minimum absolute atomic E-state index is 0.0217. The Balaban J connectivity index is 1.52. The van der Waals surface area contributed by atoms with Gasteiger partial charge >= 0.3 is 12.2 Å². The smallest absolute Gasteiger partial charge is 0.378 e. The van der Waals surface area contributed by atoms with E-state index in [1.165, 1.54) is 17.0 Å². The van der Waals surface area contributed by atoms with E-state index in [9.17, 15) is 18.0 Å². The standard InChI is InChI=1S/C25H31F3N4O2/c1-32(2)13-12-29-24(33)30-15-18-9-10-19-22(16-6-4-3-5-7-16)31-21-11-8-17(25(26,27)28)14-20(21)23(19)34-18/h3-8,11,14,18-19,22-23,31H,9-10,12-13,15H2,1-2H3,(H2,29,30,33)/p+1/t18-,19+,22+,23+/m1/s1. The molecule has 0 bridgehead atoms. The molecule has 4 atom stereocenters. The van der Waals surface area contributed by atoms with Crippen molar-refractivity contribution in [3.05, 3.63) is 65.2 Å². The van der Waals surface area contributed by atoms with Crippen LogP contribution in [0.3, 0.4) is 0 Å². The molecular weight excluding hydrogens is 445 g/mol. The van der Waals surface area contributed by atoms with Crippen molar-refractivity contribution in [3.63, 3.8) is 0 Å². The molecule has 34 heavy (non-hydrogen) atoms. The highest BCUT2D eigenvalue weighted by Gasteiger charge is 2.43. The maximum absolute atomic E-state index is 13.4. The fraction of sp³-hybridized carbons (Fsp3) is 0.480. The van der Waals surface area contributed by atoms with E-state index in [1.807, 2.05) is 44.4 Å². The van der Waals surface area contributed by atoms with Crippen LogP contribution in [-0.4, -0.2) is 45.9 Å². The van der Waals surface area contributed by atoms with Crippen LogP contribution in [-0.2, 0) is 10.9 Å². The van der Waals surface area contributed by atoms with Crippen LogP contribution >= 0.6 is 0 Å². The second-order valence-electron chi connectivity index (χ2n) is 9.35. The van der Waals surface area contributed by atoms with E-state index in [4.69, 9.17) is 4.74 Å². The number of quaternary nitrogens is 1. The lowest BCUT2D eigenvalue weighted by molar-refractivity contribution is -0.856. The molecule has 0 aromatic heterocycles. The maximum Gasteiger partial charge on any atom is 0.416 e. The SMILES string of the molecule is C[NH+](C)CCNC(=O)NC[C@H]1CC[C@@H]2[C@H](O1)c1cc(C(F)(F)F)ccc1N[C@H]2c1ccccc1. The predicted octanol–water partition coefficient (Wildman–Crippen LogP) is 3.15. The Labute approximate surface area is 197 Å². The van der Waals surface area contributed by atoms with E-state index < -0.39 is 17.8 Å². The molecule has 2 aliphatic rings. The number of anilines is 1. The summed E-state index contributed by atoms with van der Waals surface area (Å²) in [5.41, 5.74) is 1.57. The maximum atomic E-state index is 13.4. The molecule has 2 aliphatic heterocycles. The van der Waals surface area contributed by atoms with E-state index in [1.54, 1.807) is 0 Å². The number of fused-ring (bicyclic) bond motifs is 3. The summed E-state index contributed by atoms with van der Waals surface area (Å²) < 4.78 is 46.7. The molecule has 2 amide bonds. The number of hydrogen-bond acceptors (Lipinski definition) is 3. The first-order chi connectivity index (χ1) is 16.2. The van der Waals surface area contributed by atoms with Gasteiger partial charge in [-0.1, -0.05) is 30.3 Å². The van der Waals surface area contributed by atoms with Gasteiger partial charge in [-0.15, -0.1) is 0 Å². The Morgan fingerprint density at radius 3 is 2.59 bits per heavy atom. The molecule has 0 radical (unpaired) electrons. The quantitative estimate of drug-likeness (QED) is 0.517. The van der Waals surface area contributed by atoms with Crippen molar-refractivity contribution in [1.29, 1.82) is 0 Å². The number of likely N-dealkylation sites (N-methyl/N-ethyl adjacent to an activating group) is 1. The molecule has 0 spiro atoms. The van der Waals surface area contributed by atoms with Crippen LogP contribution in [0.25, 0.3) is 0 Å². The summed E-state index contributed by atoms with van der Waals surface area (Å²) in [6.07, 6.45) is -3.72. The molecule has 2 aromatic rings. The summed E-state index contributed by atoms with van der Waals surface area (Å²) >= 11 is 0. The third-order valence-electron chi connectivity index (χ3n) is 6.53. The molecule has 0 aliphatic carbocycles. The second kappa shape index (κ2) is 10.2. The number of nitrogens with one attached hydrogen (secondary N) is 4. The van der Waals surface area contributed by atoms with Gasteiger partial charge in [0.15, 0.2) is 0 Å². The van der Waals surface area contributed by atoms with Crippen molar-refractivity contribution in [2.24, 2.45) is 5.92 Å². The van der Waals surface area contributed by atoms with Gasteiger partial charge in [-0.3, -0.25) is 0 Å². The molecule has 1 fully saturated rings. The van der Waals surface area contributed by atoms with Gasteiger partial charge in [-0.05, 0) is 36.6 Å². The van der Waals surface area contributed by atoms with Gasteiger partial charge in [-0.2, -0.15) is 13.2 Å². The first-order valence-corrected chi connectivity index (χ1v) is 11.7. The van der Waals surface area contributed by atoms with Crippen LogP contribution < -0.4 is 20.9 Å². The summed E-state index contributed by atoms with van der Waals surface area (Å²) in [6.45, 7) is 1.67. The lowest BCUT2D eigenvalue weighted by Gasteiger charge is -2.46. The first kappa shape index (κ1) is 24.3. The van der Waals surface area contributed by atoms with Gasteiger partial charge in [0.1, 0.15) is 0 Å². The molecule has 2 heterocycles. The van der Waals surface area contributed by atoms with E-state index in [-0.39, 0.29) is 24.1 Å². The summed E-state index contributed by atoms with van der Waals surface area (Å²) in [5.74, 6) is -0.0217. The number of carbonyl (C=O) groups excluding carboxylic acids is 1. The minimum atomic E-state index is -4.43. The van der Waals surface area contributed by atoms with Crippen LogP contribution in [0.4, 0.5) is 23.7 Å². The second-order valence-corrected chi connectivity index (χ2v) is 9.35.